The Balaban J connectivity index is 0.00000280. The molecule has 4 rings (SSSR count). The number of aromatic nitrogens is 1. The van der Waals surface area contributed by atoms with Crippen LogP contribution in [0.15, 0.2) is 56.8 Å². The molecule has 1 saturated heterocycles. The van der Waals surface area contributed by atoms with Crippen LogP contribution in [0.5, 0.6) is 0 Å². The van der Waals surface area contributed by atoms with Crippen LogP contribution in [0.25, 0.3) is 0 Å². The molecular formula is C24H28ClN4NaO7S2. The van der Waals surface area contributed by atoms with Gasteiger partial charge in [-0.25, -0.2) is 16.8 Å². The molecule has 1 aliphatic heterocycles. The minimum atomic E-state index is -4.12. The van der Waals surface area contributed by atoms with Crippen molar-refractivity contribution in [3.8, 4) is 0 Å². The number of aryl methyl sites for hydroxylation is 2. The molecule has 1 amide bonds. The summed E-state index contributed by atoms with van der Waals surface area (Å²) in [7, 11) is -7.88. The zero-order chi connectivity index (χ0) is 27.8. The van der Waals surface area contributed by atoms with Crippen molar-refractivity contribution in [3.63, 3.8) is 0 Å². The van der Waals surface area contributed by atoms with Crippen LogP contribution in [0.2, 0.25) is 5.02 Å². The maximum Gasteiger partial charge on any atom is 1.00 e. The fourth-order valence-corrected chi connectivity index (χ4v) is 7.41. The molecule has 1 aromatic heterocycles. The number of rotatable bonds is 7. The quantitative estimate of drug-likeness (QED) is 0.377. The van der Waals surface area contributed by atoms with Crippen molar-refractivity contribution >= 4 is 48.9 Å². The zero-order valence-electron chi connectivity index (χ0n) is 23.1. The van der Waals surface area contributed by atoms with E-state index in [0.717, 1.165) is 0 Å². The number of nitrogens with zero attached hydrogens (tertiary/aromatic N) is 2. The van der Waals surface area contributed by atoms with E-state index in [4.69, 9.17) is 20.9 Å². The van der Waals surface area contributed by atoms with E-state index in [9.17, 15) is 21.6 Å². The molecule has 3 aromatic rings. The Morgan fingerprint density at radius 3 is 2.23 bits per heavy atom. The van der Waals surface area contributed by atoms with E-state index in [1.54, 1.807) is 0 Å². The average molecular weight is 607 g/mol. The van der Waals surface area contributed by atoms with Gasteiger partial charge in [0.1, 0.15) is 5.69 Å². The SMILES string of the molecule is Cc1noc(C)c1S(=O)(=O)Nc1ccc(Cl)cc1C(=O)Nc1ccc(S(=O)(=O)N2C[C@@H](C)O[C@@H](C)C2)cc1.[H-].[Na+]. The van der Waals surface area contributed by atoms with Gasteiger partial charge in [-0.05, 0) is 70.2 Å². The third kappa shape index (κ3) is 7.03. The van der Waals surface area contributed by atoms with Gasteiger partial charge in [0.2, 0.25) is 10.0 Å². The summed E-state index contributed by atoms with van der Waals surface area (Å²) >= 11 is 6.09. The van der Waals surface area contributed by atoms with Gasteiger partial charge in [0, 0.05) is 23.8 Å². The summed E-state index contributed by atoms with van der Waals surface area (Å²) in [5.41, 5.74) is 0.422. The van der Waals surface area contributed by atoms with Crippen molar-refractivity contribution in [2.24, 2.45) is 0 Å². The van der Waals surface area contributed by atoms with Gasteiger partial charge in [-0.2, -0.15) is 4.31 Å². The number of anilines is 2. The van der Waals surface area contributed by atoms with E-state index in [-0.39, 0.29) is 93.8 Å². The number of halogens is 1. The van der Waals surface area contributed by atoms with Crippen molar-refractivity contribution in [1.29, 1.82) is 0 Å². The summed E-state index contributed by atoms with van der Waals surface area (Å²) in [6.45, 7) is 7.07. The number of nitrogens with one attached hydrogen (secondary N) is 2. The third-order valence-electron chi connectivity index (χ3n) is 5.84. The number of carbonyl (C=O) groups is 1. The summed E-state index contributed by atoms with van der Waals surface area (Å²) in [4.78, 5) is 13.1. The molecule has 0 spiro atoms. The third-order valence-corrected chi connectivity index (χ3v) is 9.53. The summed E-state index contributed by atoms with van der Waals surface area (Å²) in [6.07, 6.45) is -0.456. The first-order valence-electron chi connectivity index (χ1n) is 11.6. The van der Waals surface area contributed by atoms with Crippen LogP contribution in [0.4, 0.5) is 11.4 Å². The molecule has 2 heterocycles. The fraction of sp³-hybridized carbons (Fsp3) is 0.333. The molecule has 2 aromatic carbocycles. The minimum absolute atomic E-state index is 0. The number of amides is 1. The van der Waals surface area contributed by atoms with Gasteiger partial charge < -0.3 is 16.0 Å². The number of hydrogen-bond acceptors (Lipinski definition) is 8. The summed E-state index contributed by atoms with van der Waals surface area (Å²) in [6, 6.07) is 9.83. The Labute approximate surface area is 256 Å². The second kappa shape index (κ2) is 12.3. The summed E-state index contributed by atoms with van der Waals surface area (Å²) < 4.78 is 66.5. The first kappa shape index (κ1) is 31.6. The van der Waals surface area contributed by atoms with Crippen LogP contribution in [0.3, 0.4) is 0 Å². The van der Waals surface area contributed by atoms with Crippen molar-refractivity contribution in [1.82, 2.24) is 9.46 Å². The van der Waals surface area contributed by atoms with Crippen LogP contribution in [0, 0.1) is 13.8 Å². The number of ether oxygens (including phenoxy) is 1. The van der Waals surface area contributed by atoms with Gasteiger partial charge in [-0.15, -0.1) is 0 Å². The molecule has 2 N–H and O–H groups in total. The summed E-state index contributed by atoms with van der Waals surface area (Å²) in [5, 5.41) is 6.53. The molecule has 11 nitrogen and oxygen atoms in total. The molecule has 1 fully saturated rings. The van der Waals surface area contributed by atoms with E-state index in [1.165, 1.54) is 60.6 Å². The van der Waals surface area contributed by atoms with Gasteiger partial charge >= 0.3 is 29.6 Å². The van der Waals surface area contributed by atoms with Crippen molar-refractivity contribution < 1.29 is 61.9 Å². The fourth-order valence-electron chi connectivity index (χ4n) is 4.23. The second-order valence-electron chi connectivity index (χ2n) is 9.01. The standard InChI is InChI=1S/C24H27ClN4O7S2.Na.H/c1-14-12-29(13-15(2)35-14)38(33,34)20-8-6-19(7-9-20)26-24(30)21-11-18(25)5-10-22(21)28-37(31,32)23-16(3)27-36-17(23)4;;/h5-11,14-15,28H,12-13H2,1-4H3,(H,26,30);;/q;+1;-1/t14-,15+;;. The maximum absolute atomic E-state index is 13.1. The van der Waals surface area contributed by atoms with Crippen molar-refractivity contribution in [2.45, 2.75) is 49.7 Å². The van der Waals surface area contributed by atoms with Crippen LogP contribution in [-0.4, -0.2) is 57.5 Å². The van der Waals surface area contributed by atoms with Gasteiger partial charge in [0.15, 0.2) is 10.7 Å². The molecular weight excluding hydrogens is 579 g/mol. The predicted octanol–water partition coefficient (Wildman–Crippen LogP) is 0.912. The smallest absolute Gasteiger partial charge is 1.00 e. The van der Waals surface area contributed by atoms with Crippen LogP contribution in [0.1, 0.15) is 37.1 Å². The number of hydrogen-bond donors (Lipinski definition) is 2. The number of morpholine rings is 1. The van der Waals surface area contributed by atoms with Crippen molar-refractivity contribution in [2.75, 3.05) is 23.1 Å². The van der Waals surface area contributed by atoms with Crippen molar-refractivity contribution in [3.05, 3.63) is 64.5 Å². The monoisotopic (exact) mass is 606 g/mol. The topological polar surface area (TPSA) is 148 Å². The predicted molar refractivity (Wildman–Crippen MR) is 143 cm³/mol. The molecule has 2 atom stereocenters. The molecule has 0 saturated carbocycles. The van der Waals surface area contributed by atoms with Gasteiger partial charge in [-0.3, -0.25) is 9.52 Å². The molecule has 0 bridgehead atoms. The molecule has 206 valence electrons. The van der Waals surface area contributed by atoms with E-state index in [2.05, 4.69) is 15.2 Å². The Morgan fingerprint density at radius 2 is 1.67 bits per heavy atom. The van der Waals surface area contributed by atoms with E-state index in [1.807, 2.05) is 13.8 Å². The normalized spacial score (nSPS) is 18.3. The van der Waals surface area contributed by atoms with Gasteiger partial charge in [-0.1, -0.05) is 16.8 Å². The molecule has 0 aliphatic carbocycles. The molecule has 0 radical (unpaired) electrons. The zero-order valence-corrected chi connectivity index (χ0v) is 26.4. The summed E-state index contributed by atoms with van der Waals surface area (Å²) in [5.74, 6) is -0.554. The first-order valence-corrected chi connectivity index (χ1v) is 14.9. The molecule has 39 heavy (non-hydrogen) atoms. The van der Waals surface area contributed by atoms with Crippen LogP contribution < -0.4 is 39.6 Å². The molecule has 15 heteroatoms. The minimum Gasteiger partial charge on any atom is -1.00 e. The number of sulfonamides is 2. The van der Waals surface area contributed by atoms with Gasteiger partial charge in [0.05, 0.1) is 28.4 Å². The molecule has 0 unspecified atom stereocenters. The van der Waals surface area contributed by atoms with Gasteiger partial charge in [0.25, 0.3) is 15.9 Å². The van der Waals surface area contributed by atoms with Crippen LogP contribution in [-0.2, 0) is 24.8 Å². The maximum atomic E-state index is 13.1. The Bertz CT molecular complexity index is 1560. The first-order chi connectivity index (χ1) is 17.8. The Morgan fingerprint density at radius 1 is 1.05 bits per heavy atom. The van der Waals surface area contributed by atoms with Crippen LogP contribution >= 0.6 is 11.6 Å². The molecule has 1 aliphatic rings. The van der Waals surface area contributed by atoms with E-state index < -0.39 is 26.0 Å². The Kier molecular flexibility index (Phi) is 9.93. The second-order valence-corrected chi connectivity index (χ2v) is 13.0. The van der Waals surface area contributed by atoms with E-state index in [0.29, 0.717) is 5.69 Å². The van der Waals surface area contributed by atoms with E-state index >= 15 is 0 Å². The Hall–Kier alpha value is -1.97. The average Bonchev–Trinajstić information content (AvgIpc) is 3.18. The number of carbonyl (C=O) groups excluding carboxylic acids is 1. The number of benzene rings is 2. The largest absolute Gasteiger partial charge is 1.00 e.